The maximum Gasteiger partial charge on any atom is 0.258 e. The maximum absolute atomic E-state index is 12.9. The SMILES string of the molecule is O=C(NC1=C(c2ccccc2)NC(c2ccccc2)O1)c1ccc2sccc2c1. The lowest BCUT2D eigenvalue weighted by Gasteiger charge is -2.13. The number of fused-ring (bicyclic) bond motifs is 1. The third kappa shape index (κ3) is 3.48. The largest absolute Gasteiger partial charge is 0.449 e. The summed E-state index contributed by atoms with van der Waals surface area (Å²) >= 11 is 1.66. The first-order valence-corrected chi connectivity index (χ1v) is 10.2. The van der Waals surface area contributed by atoms with Gasteiger partial charge in [-0.25, -0.2) is 0 Å². The Morgan fingerprint density at radius 2 is 1.69 bits per heavy atom. The highest BCUT2D eigenvalue weighted by Gasteiger charge is 2.28. The second-order valence-corrected chi connectivity index (χ2v) is 7.70. The van der Waals surface area contributed by atoms with Crippen LogP contribution in [-0.2, 0) is 4.74 Å². The number of carbonyl (C=O) groups is 1. The predicted octanol–water partition coefficient (Wildman–Crippen LogP) is 5.28. The smallest absolute Gasteiger partial charge is 0.258 e. The van der Waals surface area contributed by atoms with Gasteiger partial charge in [-0.05, 0) is 35.0 Å². The molecule has 1 unspecified atom stereocenters. The Hall–Kier alpha value is -3.57. The van der Waals surface area contributed by atoms with Gasteiger partial charge in [-0.15, -0.1) is 11.3 Å². The Balaban J connectivity index is 1.46. The fourth-order valence-corrected chi connectivity index (χ4v) is 4.15. The zero-order valence-electron chi connectivity index (χ0n) is 15.5. The molecular formula is C24H18N2O2S. The molecule has 0 bridgehead atoms. The van der Waals surface area contributed by atoms with Crippen molar-refractivity contribution in [1.29, 1.82) is 0 Å². The highest BCUT2D eigenvalue weighted by atomic mass is 32.1. The van der Waals surface area contributed by atoms with E-state index < -0.39 is 0 Å². The normalized spacial score (nSPS) is 15.8. The van der Waals surface area contributed by atoms with E-state index in [2.05, 4.69) is 10.6 Å². The highest BCUT2D eigenvalue weighted by Crippen LogP contribution is 2.31. The maximum atomic E-state index is 12.9. The highest BCUT2D eigenvalue weighted by molar-refractivity contribution is 7.17. The molecule has 0 fully saturated rings. The lowest BCUT2D eigenvalue weighted by Crippen LogP contribution is -2.23. The number of thiophene rings is 1. The van der Waals surface area contributed by atoms with Gasteiger partial charge < -0.3 is 10.1 Å². The van der Waals surface area contributed by atoms with Crippen LogP contribution in [0.25, 0.3) is 15.8 Å². The first-order valence-electron chi connectivity index (χ1n) is 9.34. The minimum absolute atomic E-state index is 0.197. The summed E-state index contributed by atoms with van der Waals surface area (Å²) < 4.78 is 7.28. The van der Waals surface area contributed by atoms with Crippen LogP contribution in [0.15, 0.2) is 96.2 Å². The molecule has 4 nitrogen and oxygen atoms in total. The second-order valence-electron chi connectivity index (χ2n) is 6.75. The van der Waals surface area contributed by atoms with Gasteiger partial charge in [-0.1, -0.05) is 60.7 Å². The van der Waals surface area contributed by atoms with Gasteiger partial charge in [0.05, 0.1) is 0 Å². The fraction of sp³-hybridized carbons (Fsp3) is 0.0417. The average molecular weight is 398 g/mol. The van der Waals surface area contributed by atoms with Gasteiger partial charge in [0, 0.05) is 21.4 Å². The standard InChI is InChI=1S/C24H18N2O2S/c27-22(19-11-12-20-18(15-19)13-14-29-20)26-24-21(16-7-3-1-4-8-16)25-23(28-24)17-9-5-2-6-10-17/h1-15,23,25H,(H,26,27). The first kappa shape index (κ1) is 17.5. The number of hydrogen-bond donors (Lipinski definition) is 2. The van der Waals surface area contributed by atoms with Crippen molar-refractivity contribution in [3.05, 3.63) is 113 Å². The van der Waals surface area contributed by atoms with Crippen molar-refractivity contribution in [2.24, 2.45) is 0 Å². The monoisotopic (exact) mass is 398 g/mol. The number of carbonyl (C=O) groups excluding carboxylic acids is 1. The molecule has 0 spiro atoms. The zero-order chi connectivity index (χ0) is 19.6. The number of nitrogens with one attached hydrogen (secondary N) is 2. The molecule has 2 N–H and O–H groups in total. The minimum atomic E-state index is -0.360. The van der Waals surface area contributed by atoms with Crippen LogP contribution in [0.5, 0.6) is 0 Å². The molecule has 3 aromatic carbocycles. The molecule has 5 heteroatoms. The van der Waals surface area contributed by atoms with Gasteiger partial charge in [0.2, 0.25) is 5.88 Å². The number of rotatable bonds is 4. The van der Waals surface area contributed by atoms with E-state index in [1.165, 1.54) is 0 Å². The van der Waals surface area contributed by atoms with Crippen LogP contribution < -0.4 is 10.6 Å². The Kier molecular flexibility index (Phi) is 4.50. The Labute approximate surface area is 172 Å². The van der Waals surface area contributed by atoms with Gasteiger partial charge in [-0.2, -0.15) is 0 Å². The summed E-state index contributed by atoms with van der Waals surface area (Å²) in [7, 11) is 0. The quantitative estimate of drug-likeness (QED) is 0.492. The second kappa shape index (κ2) is 7.45. The van der Waals surface area contributed by atoms with Crippen molar-refractivity contribution >= 4 is 33.0 Å². The molecule has 4 aromatic rings. The lowest BCUT2D eigenvalue weighted by molar-refractivity contribution is 0.0851. The summed E-state index contributed by atoms with van der Waals surface area (Å²) in [5.41, 5.74) is 3.31. The summed E-state index contributed by atoms with van der Waals surface area (Å²) in [6, 6.07) is 27.5. The van der Waals surface area contributed by atoms with Crippen LogP contribution in [0.1, 0.15) is 27.7 Å². The van der Waals surface area contributed by atoms with E-state index in [1.807, 2.05) is 90.3 Å². The van der Waals surface area contributed by atoms with E-state index in [-0.39, 0.29) is 12.1 Å². The summed E-state index contributed by atoms with van der Waals surface area (Å²) in [5, 5.41) is 9.45. The molecular weight excluding hydrogens is 380 g/mol. The first-order chi connectivity index (χ1) is 14.3. The number of hydrogen-bond acceptors (Lipinski definition) is 4. The van der Waals surface area contributed by atoms with Crippen molar-refractivity contribution < 1.29 is 9.53 Å². The lowest BCUT2D eigenvalue weighted by atomic mass is 10.1. The number of ether oxygens (including phenoxy) is 1. The van der Waals surface area contributed by atoms with E-state index in [4.69, 9.17) is 4.74 Å². The van der Waals surface area contributed by atoms with E-state index in [0.717, 1.165) is 26.9 Å². The molecule has 1 atom stereocenters. The van der Waals surface area contributed by atoms with Gasteiger partial charge in [0.25, 0.3) is 5.91 Å². The molecule has 1 amide bonds. The van der Waals surface area contributed by atoms with E-state index in [1.54, 1.807) is 11.3 Å². The number of amides is 1. The summed E-state index contributed by atoms with van der Waals surface area (Å²) in [6.45, 7) is 0. The Bertz CT molecular complexity index is 1200. The Morgan fingerprint density at radius 3 is 2.48 bits per heavy atom. The van der Waals surface area contributed by atoms with Gasteiger partial charge in [0.1, 0.15) is 5.70 Å². The van der Waals surface area contributed by atoms with Crippen molar-refractivity contribution in [2.75, 3.05) is 0 Å². The summed E-state index contributed by atoms with van der Waals surface area (Å²) in [5.74, 6) is 0.234. The van der Waals surface area contributed by atoms with Crippen LogP contribution in [-0.4, -0.2) is 5.91 Å². The third-order valence-corrected chi connectivity index (χ3v) is 5.74. The third-order valence-electron chi connectivity index (χ3n) is 4.84. The molecule has 1 aliphatic rings. The molecule has 1 aliphatic heterocycles. The van der Waals surface area contributed by atoms with Gasteiger partial charge >= 0.3 is 0 Å². The summed E-state index contributed by atoms with van der Waals surface area (Å²) in [4.78, 5) is 12.9. The molecule has 0 radical (unpaired) electrons. The molecule has 2 heterocycles. The molecule has 0 saturated carbocycles. The fourth-order valence-electron chi connectivity index (χ4n) is 3.38. The summed E-state index contributed by atoms with van der Waals surface area (Å²) in [6.07, 6.45) is -0.360. The van der Waals surface area contributed by atoms with Gasteiger partial charge in [-0.3, -0.25) is 10.1 Å². The van der Waals surface area contributed by atoms with E-state index >= 15 is 0 Å². The molecule has 0 aliphatic carbocycles. The van der Waals surface area contributed by atoms with E-state index in [9.17, 15) is 4.79 Å². The van der Waals surface area contributed by atoms with Gasteiger partial charge in [0.15, 0.2) is 6.23 Å². The molecule has 1 aromatic heterocycles. The van der Waals surface area contributed by atoms with Crippen molar-refractivity contribution in [3.63, 3.8) is 0 Å². The number of benzene rings is 3. The van der Waals surface area contributed by atoms with Crippen molar-refractivity contribution in [2.45, 2.75) is 6.23 Å². The van der Waals surface area contributed by atoms with Crippen molar-refractivity contribution in [3.8, 4) is 0 Å². The average Bonchev–Trinajstić information content (AvgIpc) is 3.41. The Morgan fingerprint density at radius 1 is 0.931 bits per heavy atom. The zero-order valence-corrected chi connectivity index (χ0v) is 16.3. The molecule has 0 saturated heterocycles. The molecule has 29 heavy (non-hydrogen) atoms. The van der Waals surface area contributed by atoms with Crippen LogP contribution >= 0.6 is 11.3 Å². The van der Waals surface area contributed by atoms with Crippen LogP contribution in [0.4, 0.5) is 0 Å². The van der Waals surface area contributed by atoms with Crippen LogP contribution in [0.2, 0.25) is 0 Å². The molecule has 142 valence electrons. The van der Waals surface area contributed by atoms with Crippen molar-refractivity contribution in [1.82, 2.24) is 10.6 Å². The molecule has 5 rings (SSSR count). The predicted molar refractivity (Wildman–Crippen MR) is 116 cm³/mol. The minimum Gasteiger partial charge on any atom is -0.449 e. The van der Waals surface area contributed by atoms with E-state index in [0.29, 0.717) is 11.4 Å². The van der Waals surface area contributed by atoms with Crippen LogP contribution in [0, 0.1) is 0 Å². The van der Waals surface area contributed by atoms with Crippen LogP contribution in [0.3, 0.4) is 0 Å². The topological polar surface area (TPSA) is 50.4 Å².